The molecule has 0 aliphatic carbocycles. The second kappa shape index (κ2) is 5.82. The minimum atomic E-state index is -3.52. The Morgan fingerprint density at radius 2 is 1.95 bits per heavy atom. The molecule has 1 saturated heterocycles. The van der Waals surface area contributed by atoms with E-state index in [2.05, 4.69) is 23.8 Å². The number of benzene rings is 1. The fourth-order valence-corrected chi connectivity index (χ4v) is 3.52. The van der Waals surface area contributed by atoms with Crippen LogP contribution in [-0.2, 0) is 10.0 Å². The first-order valence-corrected chi connectivity index (χ1v) is 8.45. The Kier molecular flexibility index (Phi) is 4.46. The van der Waals surface area contributed by atoms with E-state index in [1.54, 1.807) is 12.1 Å². The molecule has 118 valence electrons. The van der Waals surface area contributed by atoms with Crippen LogP contribution in [0.25, 0.3) is 0 Å². The summed E-state index contributed by atoms with van der Waals surface area (Å²) in [5, 5.41) is 0. The zero-order chi connectivity index (χ0) is 15.8. The van der Waals surface area contributed by atoms with Gasteiger partial charge in [0, 0.05) is 39.8 Å². The van der Waals surface area contributed by atoms with Crippen molar-refractivity contribution < 1.29 is 8.42 Å². The molecule has 0 aromatic heterocycles. The van der Waals surface area contributed by atoms with Crippen LogP contribution in [-0.4, -0.2) is 64.4 Å². The SMILES string of the molecule is CC1CN(c2cccc(S(=O)(=O)N(C)C)c2N)CCN1C. The number of para-hydroxylation sites is 1. The summed E-state index contributed by atoms with van der Waals surface area (Å²) in [6.07, 6.45) is 0. The third kappa shape index (κ3) is 3.00. The van der Waals surface area contributed by atoms with Gasteiger partial charge in [-0.05, 0) is 26.1 Å². The van der Waals surface area contributed by atoms with E-state index in [1.165, 1.54) is 18.4 Å². The van der Waals surface area contributed by atoms with Gasteiger partial charge in [0.05, 0.1) is 11.4 Å². The van der Waals surface area contributed by atoms with Crippen molar-refractivity contribution >= 4 is 21.4 Å². The molecule has 2 N–H and O–H groups in total. The van der Waals surface area contributed by atoms with Crippen LogP contribution in [0, 0.1) is 0 Å². The Hall–Kier alpha value is -1.31. The molecule has 7 heteroatoms. The molecule has 0 radical (unpaired) electrons. The predicted molar refractivity (Wildman–Crippen MR) is 86.0 cm³/mol. The summed E-state index contributed by atoms with van der Waals surface area (Å²) in [5.41, 5.74) is 7.30. The summed E-state index contributed by atoms with van der Waals surface area (Å²) in [7, 11) is 1.60. The first kappa shape index (κ1) is 16.1. The summed E-state index contributed by atoms with van der Waals surface area (Å²) in [4.78, 5) is 4.62. The number of rotatable bonds is 3. The number of hydrogen-bond donors (Lipinski definition) is 1. The van der Waals surface area contributed by atoms with Gasteiger partial charge in [0.1, 0.15) is 4.90 Å². The Labute approximate surface area is 127 Å². The lowest BCUT2D eigenvalue weighted by Crippen LogP contribution is -2.50. The topological polar surface area (TPSA) is 69.9 Å². The van der Waals surface area contributed by atoms with Crippen molar-refractivity contribution in [2.45, 2.75) is 17.9 Å². The van der Waals surface area contributed by atoms with Gasteiger partial charge in [0.2, 0.25) is 10.0 Å². The van der Waals surface area contributed by atoms with E-state index in [4.69, 9.17) is 5.73 Å². The average molecular weight is 312 g/mol. The molecule has 0 saturated carbocycles. The molecule has 0 bridgehead atoms. The number of nitrogens with zero attached hydrogens (tertiary/aromatic N) is 3. The van der Waals surface area contributed by atoms with E-state index in [-0.39, 0.29) is 4.90 Å². The number of piperazine rings is 1. The van der Waals surface area contributed by atoms with Gasteiger partial charge in [-0.15, -0.1) is 0 Å². The fraction of sp³-hybridized carbons (Fsp3) is 0.571. The minimum Gasteiger partial charge on any atom is -0.396 e. The van der Waals surface area contributed by atoms with Crippen LogP contribution >= 0.6 is 0 Å². The Bertz CT molecular complexity index is 615. The highest BCUT2D eigenvalue weighted by Crippen LogP contribution is 2.32. The molecule has 1 aliphatic heterocycles. The largest absolute Gasteiger partial charge is 0.396 e. The predicted octanol–water partition coefficient (Wildman–Crippen LogP) is 0.659. The van der Waals surface area contributed by atoms with Crippen LogP contribution in [0.4, 0.5) is 11.4 Å². The van der Waals surface area contributed by atoms with Crippen LogP contribution in [0.3, 0.4) is 0 Å². The summed E-state index contributed by atoms with van der Waals surface area (Å²) >= 11 is 0. The molecule has 1 aromatic rings. The van der Waals surface area contributed by atoms with Crippen molar-refractivity contribution in [2.75, 3.05) is 51.4 Å². The van der Waals surface area contributed by atoms with Crippen LogP contribution in [0.15, 0.2) is 23.1 Å². The lowest BCUT2D eigenvalue weighted by molar-refractivity contribution is 0.234. The third-order valence-electron chi connectivity index (χ3n) is 4.10. The minimum absolute atomic E-state index is 0.177. The number of likely N-dealkylation sites (N-methyl/N-ethyl adjacent to an activating group) is 1. The standard InChI is InChI=1S/C14H24N4O2S/c1-11-10-18(9-8-17(11)4)12-6-5-7-13(14(12)15)21(19,20)16(2)3/h5-7,11H,8-10,15H2,1-4H3. The van der Waals surface area contributed by atoms with E-state index >= 15 is 0 Å². The first-order valence-electron chi connectivity index (χ1n) is 7.01. The maximum atomic E-state index is 12.3. The molecule has 1 heterocycles. The van der Waals surface area contributed by atoms with E-state index in [0.717, 1.165) is 25.3 Å². The summed E-state index contributed by atoms with van der Waals surface area (Å²) < 4.78 is 25.8. The molecule has 0 amide bonds. The number of nitrogens with two attached hydrogens (primary N) is 1. The maximum absolute atomic E-state index is 12.3. The van der Waals surface area contributed by atoms with Gasteiger partial charge in [0.15, 0.2) is 0 Å². The van der Waals surface area contributed by atoms with Crippen molar-refractivity contribution in [3.8, 4) is 0 Å². The zero-order valence-corrected chi connectivity index (χ0v) is 13.9. The Morgan fingerprint density at radius 1 is 1.29 bits per heavy atom. The van der Waals surface area contributed by atoms with Crippen molar-refractivity contribution in [1.29, 1.82) is 0 Å². The lowest BCUT2D eigenvalue weighted by atomic mass is 10.1. The first-order chi connectivity index (χ1) is 9.75. The molecular formula is C14H24N4O2S. The van der Waals surface area contributed by atoms with Crippen molar-refractivity contribution in [3.05, 3.63) is 18.2 Å². The summed E-state index contributed by atoms with van der Waals surface area (Å²) in [6.45, 7) is 4.77. The molecule has 1 atom stereocenters. The highest BCUT2D eigenvalue weighted by Gasteiger charge is 2.26. The number of sulfonamides is 1. The van der Waals surface area contributed by atoms with Gasteiger partial charge in [-0.2, -0.15) is 0 Å². The molecule has 2 rings (SSSR count). The van der Waals surface area contributed by atoms with Gasteiger partial charge in [-0.3, -0.25) is 0 Å². The van der Waals surface area contributed by atoms with Crippen molar-refractivity contribution in [1.82, 2.24) is 9.21 Å². The Morgan fingerprint density at radius 3 is 2.52 bits per heavy atom. The third-order valence-corrected chi connectivity index (χ3v) is 5.98. The highest BCUT2D eigenvalue weighted by molar-refractivity contribution is 7.89. The van der Waals surface area contributed by atoms with Crippen molar-refractivity contribution in [2.24, 2.45) is 0 Å². The smallest absolute Gasteiger partial charge is 0.244 e. The average Bonchev–Trinajstić information content (AvgIpc) is 2.42. The van der Waals surface area contributed by atoms with Crippen LogP contribution in [0.2, 0.25) is 0 Å². The van der Waals surface area contributed by atoms with Gasteiger partial charge >= 0.3 is 0 Å². The van der Waals surface area contributed by atoms with Crippen LogP contribution in [0.5, 0.6) is 0 Å². The monoisotopic (exact) mass is 312 g/mol. The van der Waals surface area contributed by atoms with Gasteiger partial charge < -0.3 is 15.5 Å². The van der Waals surface area contributed by atoms with Gasteiger partial charge in [-0.25, -0.2) is 12.7 Å². The van der Waals surface area contributed by atoms with E-state index in [1.807, 2.05) is 6.07 Å². The molecule has 6 nitrogen and oxygen atoms in total. The molecule has 1 unspecified atom stereocenters. The second-order valence-corrected chi connectivity index (χ2v) is 7.87. The quantitative estimate of drug-likeness (QED) is 0.830. The second-order valence-electron chi connectivity index (χ2n) is 5.75. The molecule has 21 heavy (non-hydrogen) atoms. The molecule has 1 fully saturated rings. The van der Waals surface area contributed by atoms with E-state index in [0.29, 0.717) is 11.7 Å². The zero-order valence-electron chi connectivity index (χ0n) is 13.1. The van der Waals surface area contributed by atoms with Gasteiger partial charge in [-0.1, -0.05) is 6.07 Å². The van der Waals surface area contributed by atoms with Crippen LogP contribution < -0.4 is 10.6 Å². The van der Waals surface area contributed by atoms with E-state index in [9.17, 15) is 8.42 Å². The van der Waals surface area contributed by atoms with Crippen LogP contribution in [0.1, 0.15) is 6.92 Å². The highest BCUT2D eigenvalue weighted by atomic mass is 32.2. The normalized spacial score (nSPS) is 21.0. The summed E-state index contributed by atoms with van der Waals surface area (Å²) in [6, 6.07) is 5.62. The molecular weight excluding hydrogens is 288 g/mol. The van der Waals surface area contributed by atoms with Crippen molar-refractivity contribution in [3.63, 3.8) is 0 Å². The van der Waals surface area contributed by atoms with E-state index < -0.39 is 10.0 Å². The van der Waals surface area contributed by atoms with Gasteiger partial charge in [0.25, 0.3) is 0 Å². The lowest BCUT2D eigenvalue weighted by Gasteiger charge is -2.39. The number of anilines is 2. The number of nitrogen functional groups attached to an aromatic ring is 1. The Balaban J connectivity index is 2.39. The summed E-state index contributed by atoms with van der Waals surface area (Å²) in [5.74, 6) is 0. The number of hydrogen-bond acceptors (Lipinski definition) is 5. The molecule has 1 aromatic carbocycles. The molecule has 0 spiro atoms. The maximum Gasteiger partial charge on any atom is 0.244 e. The fourth-order valence-electron chi connectivity index (χ4n) is 2.50. The molecule has 1 aliphatic rings.